The van der Waals surface area contributed by atoms with E-state index in [1.807, 2.05) is 0 Å². The Morgan fingerprint density at radius 3 is 2.61 bits per heavy atom. The monoisotopic (exact) mass is 243 g/mol. The molecular weight excluding hydrogens is 222 g/mol. The molecule has 2 aromatic rings. The van der Waals surface area contributed by atoms with Gasteiger partial charge in [0, 0.05) is 10.9 Å². The molecule has 1 heterocycles. The Balaban J connectivity index is 2.19. The Morgan fingerprint density at radius 1 is 1.22 bits per heavy atom. The van der Waals surface area contributed by atoms with Crippen molar-refractivity contribution in [3.8, 4) is 0 Å². The van der Waals surface area contributed by atoms with E-state index in [4.69, 9.17) is 4.42 Å². The number of nitrogens with one attached hydrogen (secondary N) is 1. The van der Waals surface area contributed by atoms with Gasteiger partial charge in [0.25, 0.3) is 0 Å². The van der Waals surface area contributed by atoms with Gasteiger partial charge in [0.1, 0.15) is 11.3 Å². The van der Waals surface area contributed by atoms with Crippen molar-refractivity contribution >= 4 is 11.0 Å². The molecule has 0 saturated heterocycles. The van der Waals surface area contributed by atoms with Gasteiger partial charge in [-0.15, -0.1) is 0 Å². The first-order chi connectivity index (χ1) is 8.72. The highest BCUT2D eigenvalue weighted by Gasteiger charge is 2.31. The second-order valence-electron chi connectivity index (χ2n) is 5.40. The van der Waals surface area contributed by atoms with E-state index in [9.17, 15) is 0 Å². The van der Waals surface area contributed by atoms with E-state index in [0.29, 0.717) is 0 Å². The molecule has 2 nitrogen and oxygen atoms in total. The van der Waals surface area contributed by atoms with Gasteiger partial charge in [0.05, 0.1) is 6.54 Å². The third-order valence-corrected chi connectivity index (χ3v) is 3.88. The van der Waals surface area contributed by atoms with Crippen LogP contribution in [0.25, 0.3) is 11.0 Å². The average molecular weight is 243 g/mol. The summed E-state index contributed by atoms with van der Waals surface area (Å²) in [6.45, 7) is 8.31. The van der Waals surface area contributed by atoms with Crippen LogP contribution < -0.4 is 5.32 Å². The van der Waals surface area contributed by atoms with E-state index in [1.165, 1.54) is 34.9 Å². The summed E-state index contributed by atoms with van der Waals surface area (Å²) in [6, 6.07) is 4.38. The van der Waals surface area contributed by atoms with Crippen LogP contribution in [0.15, 0.2) is 16.5 Å². The molecule has 96 valence electrons. The molecule has 0 atom stereocenters. The zero-order chi connectivity index (χ0) is 12.7. The molecule has 1 aromatic carbocycles. The van der Waals surface area contributed by atoms with Gasteiger partial charge in [-0.1, -0.05) is 19.1 Å². The summed E-state index contributed by atoms with van der Waals surface area (Å²) in [5.41, 5.74) is 5.18. The van der Waals surface area contributed by atoms with Crippen molar-refractivity contribution in [2.45, 2.75) is 46.1 Å². The van der Waals surface area contributed by atoms with Gasteiger partial charge < -0.3 is 9.73 Å². The number of furan rings is 1. The van der Waals surface area contributed by atoms with Gasteiger partial charge in [-0.25, -0.2) is 0 Å². The minimum atomic E-state index is 0.736. The highest BCUT2D eigenvalue weighted by atomic mass is 16.3. The lowest BCUT2D eigenvalue weighted by Crippen LogP contribution is -2.12. The molecule has 0 spiro atoms. The maximum atomic E-state index is 6.15. The minimum Gasteiger partial charge on any atom is -0.459 e. The third kappa shape index (κ3) is 1.85. The first-order valence-electron chi connectivity index (χ1n) is 6.94. The first kappa shape index (κ1) is 11.8. The Hall–Kier alpha value is -1.28. The summed E-state index contributed by atoms with van der Waals surface area (Å²) in [7, 11) is 0. The van der Waals surface area contributed by atoms with Crippen molar-refractivity contribution in [3.63, 3.8) is 0 Å². The standard InChI is InChI=1S/C16H21NO/c1-4-17-9-13-15(12-7-8-12)14-10(2)5-6-11(3)16(14)18-13/h5-6,12,17H,4,7-9H2,1-3H3. The van der Waals surface area contributed by atoms with Crippen molar-refractivity contribution in [2.24, 2.45) is 0 Å². The highest BCUT2D eigenvalue weighted by molar-refractivity contribution is 5.89. The number of hydrogen-bond donors (Lipinski definition) is 1. The highest BCUT2D eigenvalue weighted by Crippen LogP contribution is 2.47. The van der Waals surface area contributed by atoms with Crippen LogP contribution in [0.1, 0.15) is 48.1 Å². The Bertz CT molecular complexity index is 578. The quantitative estimate of drug-likeness (QED) is 0.876. The van der Waals surface area contributed by atoms with Crippen LogP contribution in [-0.2, 0) is 6.54 Å². The zero-order valence-corrected chi connectivity index (χ0v) is 11.5. The average Bonchev–Trinajstić information content (AvgIpc) is 3.12. The predicted molar refractivity (Wildman–Crippen MR) is 75.0 cm³/mol. The molecule has 2 heteroatoms. The van der Waals surface area contributed by atoms with Gasteiger partial charge in [-0.2, -0.15) is 0 Å². The van der Waals surface area contributed by atoms with E-state index in [-0.39, 0.29) is 0 Å². The largest absolute Gasteiger partial charge is 0.459 e. The smallest absolute Gasteiger partial charge is 0.137 e. The molecule has 1 aromatic heterocycles. The molecule has 3 rings (SSSR count). The van der Waals surface area contributed by atoms with Gasteiger partial charge in [-0.3, -0.25) is 0 Å². The number of benzene rings is 1. The summed E-state index contributed by atoms with van der Waals surface area (Å²) < 4.78 is 6.15. The summed E-state index contributed by atoms with van der Waals surface area (Å²) in [4.78, 5) is 0. The minimum absolute atomic E-state index is 0.736. The second-order valence-corrected chi connectivity index (χ2v) is 5.40. The normalized spacial score (nSPS) is 15.5. The number of hydrogen-bond acceptors (Lipinski definition) is 2. The van der Waals surface area contributed by atoms with Crippen LogP contribution in [-0.4, -0.2) is 6.54 Å². The second kappa shape index (κ2) is 4.43. The van der Waals surface area contributed by atoms with Crippen molar-refractivity contribution in [3.05, 3.63) is 34.6 Å². The lowest BCUT2D eigenvalue weighted by molar-refractivity contribution is 0.512. The Kier molecular flexibility index (Phi) is 2.90. The molecule has 1 N–H and O–H groups in total. The van der Waals surface area contributed by atoms with E-state index in [1.54, 1.807) is 0 Å². The fraction of sp³-hybridized carbons (Fsp3) is 0.500. The topological polar surface area (TPSA) is 25.2 Å². The van der Waals surface area contributed by atoms with Crippen molar-refractivity contribution in [2.75, 3.05) is 6.54 Å². The van der Waals surface area contributed by atoms with Crippen LogP contribution in [0.4, 0.5) is 0 Å². The molecule has 18 heavy (non-hydrogen) atoms. The molecule has 1 saturated carbocycles. The molecule has 0 radical (unpaired) electrons. The Labute approximate surface area is 108 Å². The SMILES string of the molecule is CCNCc1oc2c(C)ccc(C)c2c1C1CC1. The lowest BCUT2D eigenvalue weighted by atomic mass is 10.00. The number of aryl methyl sites for hydroxylation is 2. The van der Waals surface area contributed by atoms with Gasteiger partial charge in [0.15, 0.2) is 0 Å². The van der Waals surface area contributed by atoms with Gasteiger partial charge in [0.2, 0.25) is 0 Å². The number of fused-ring (bicyclic) bond motifs is 1. The van der Waals surface area contributed by atoms with Crippen LogP contribution in [0.5, 0.6) is 0 Å². The van der Waals surface area contributed by atoms with Crippen molar-refractivity contribution in [1.29, 1.82) is 0 Å². The Morgan fingerprint density at radius 2 is 1.94 bits per heavy atom. The van der Waals surface area contributed by atoms with E-state index < -0.39 is 0 Å². The fourth-order valence-corrected chi connectivity index (χ4v) is 2.74. The first-order valence-corrected chi connectivity index (χ1v) is 6.94. The molecular formula is C16H21NO. The maximum absolute atomic E-state index is 6.15. The van der Waals surface area contributed by atoms with Crippen LogP contribution in [0, 0.1) is 13.8 Å². The van der Waals surface area contributed by atoms with Gasteiger partial charge in [-0.05, 0) is 50.3 Å². The molecule has 1 fully saturated rings. The van der Waals surface area contributed by atoms with Crippen molar-refractivity contribution < 1.29 is 4.42 Å². The lowest BCUT2D eigenvalue weighted by Gasteiger charge is -2.03. The molecule has 0 aliphatic heterocycles. The predicted octanol–water partition coefficient (Wildman–Crippen LogP) is 4.04. The van der Waals surface area contributed by atoms with Crippen LogP contribution in [0.2, 0.25) is 0 Å². The van der Waals surface area contributed by atoms with Crippen LogP contribution >= 0.6 is 0 Å². The molecule has 1 aliphatic carbocycles. The molecule has 0 bridgehead atoms. The zero-order valence-electron chi connectivity index (χ0n) is 11.5. The molecule has 0 unspecified atom stereocenters. The van der Waals surface area contributed by atoms with Crippen molar-refractivity contribution in [1.82, 2.24) is 5.32 Å². The van der Waals surface area contributed by atoms with Crippen LogP contribution in [0.3, 0.4) is 0 Å². The maximum Gasteiger partial charge on any atom is 0.137 e. The van der Waals surface area contributed by atoms with E-state index in [2.05, 4.69) is 38.2 Å². The molecule has 1 aliphatic rings. The summed E-state index contributed by atoms with van der Waals surface area (Å²) in [6.07, 6.45) is 2.64. The number of rotatable bonds is 4. The third-order valence-electron chi connectivity index (χ3n) is 3.88. The van der Waals surface area contributed by atoms with E-state index >= 15 is 0 Å². The summed E-state index contributed by atoms with van der Waals surface area (Å²) in [5, 5.41) is 4.77. The molecule has 0 amide bonds. The van der Waals surface area contributed by atoms with Gasteiger partial charge >= 0.3 is 0 Å². The summed E-state index contributed by atoms with van der Waals surface area (Å²) >= 11 is 0. The van der Waals surface area contributed by atoms with E-state index in [0.717, 1.165) is 30.4 Å². The summed E-state index contributed by atoms with van der Waals surface area (Å²) in [5.74, 6) is 1.90. The fourth-order valence-electron chi connectivity index (χ4n) is 2.74.